The fraction of sp³-hybridized carbons (Fsp3) is 0.667. The molecule has 1 aliphatic heterocycles. The summed E-state index contributed by atoms with van der Waals surface area (Å²) in [6, 6.07) is -0.339. The van der Waals surface area contributed by atoms with Crippen LogP contribution in [0.15, 0.2) is 17.6 Å². The Morgan fingerprint density at radius 3 is 2.67 bits per heavy atom. The van der Waals surface area contributed by atoms with Crippen molar-refractivity contribution >= 4 is 16.1 Å². The zero-order chi connectivity index (χ0) is 15.2. The molecule has 1 aromatic heterocycles. The van der Waals surface area contributed by atoms with Gasteiger partial charge in [-0.15, -0.1) is 0 Å². The minimum absolute atomic E-state index is 0.00974. The zero-order valence-corrected chi connectivity index (χ0v) is 12.5. The molecule has 1 amide bonds. The summed E-state index contributed by atoms with van der Waals surface area (Å²) < 4.78 is 28.0. The van der Waals surface area contributed by atoms with Crippen LogP contribution >= 0.6 is 0 Å². The second-order valence-electron chi connectivity index (χ2n) is 5.76. The topological polar surface area (TPSA) is 105 Å². The third-order valence-corrected chi connectivity index (χ3v) is 5.87. The highest BCUT2D eigenvalue weighted by Crippen LogP contribution is 2.42. The molecule has 1 saturated heterocycles. The van der Waals surface area contributed by atoms with E-state index in [0.29, 0.717) is 12.5 Å². The van der Waals surface area contributed by atoms with Crippen LogP contribution in [0.5, 0.6) is 0 Å². The number of hydrogen-bond acceptors (Lipinski definition) is 4. The summed E-state index contributed by atoms with van der Waals surface area (Å²) in [7, 11) is -1.95. The van der Waals surface area contributed by atoms with Gasteiger partial charge >= 0.3 is 6.09 Å². The first-order valence-electron chi connectivity index (χ1n) is 6.85. The van der Waals surface area contributed by atoms with E-state index >= 15 is 0 Å². The molecule has 0 spiro atoms. The first-order chi connectivity index (χ1) is 9.88. The van der Waals surface area contributed by atoms with E-state index in [-0.39, 0.29) is 23.5 Å². The highest BCUT2D eigenvalue weighted by Gasteiger charge is 2.47. The summed E-state index contributed by atoms with van der Waals surface area (Å²) in [5.41, 5.74) is 0. The SMILES string of the molecule is Cn1cnc(S(=O)(=O)N2C[C@H](NC(=O)O)[C@@H](C3CC3)C2)c1. The molecule has 1 saturated carbocycles. The second-order valence-corrected chi connectivity index (χ2v) is 7.64. The van der Waals surface area contributed by atoms with Crippen molar-refractivity contribution in [3.8, 4) is 0 Å². The van der Waals surface area contributed by atoms with Crippen molar-refractivity contribution in [2.24, 2.45) is 18.9 Å². The van der Waals surface area contributed by atoms with Gasteiger partial charge in [0, 0.05) is 26.3 Å². The molecule has 1 aromatic rings. The Morgan fingerprint density at radius 1 is 1.43 bits per heavy atom. The van der Waals surface area contributed by atoms with Crippen LogP contribution in [0.25, 0.3) is 0 Å². The Labute approximate surface area is 122 Å². The van der Waals surface area contributed by atoms with Gasteiger partial charge in [-0.1, -0.05) is 0 Å². The molecular weight excluding hydrogens is 296 g/mol. The lowest BCUT2D eigenvalue weighted by molar-refractivity contribution is 0.186. The van der Waals surface area contributed by atoms with Gasteiger partial charge in [-0.05, 0) is 24.7 Å². The van der Waals surface area contributed by atoms with Crippen molar-refractivity contribution in [1.29, 1.82) is 0 Å². The van der Waals surface area contributed by atoms with Crippen LogP contribution in [0.4, 0.5) is 4.79 Å². The van der Waals surface area contributed by atoms with Crippen molar-refractivity contribution in [3.05, 3.63) is 12.5 Å². The van der Waals surface area contributed by atoms with Gasteiger partial charge in [-0.3, -0.25) is 0 Å². The predicted octanol–water partition coefficient (Wildman–Crippen LogP) is 0.0868. The van der Waals surface area contributed by atoms with Crippen LogP contribution in [-0.4, -0.2) is 52.6 Å². The Balaban J connectivity index is 1.81. The molecule has 0 bridgehead atoms. The number of hydrogen-bond donors (Lipinski definition) is 2. The maximum absolute atomic E-state index is 12.5. The van der Waals surface area contributed by atoms with E-state index in [9.17, 15) is 13.2 Å². The van der Waals surface area contributed by atoms with Gasteiger partial charge < -0.3 is 15.0 Å². The molecule has 21 heavy (non-hydrogen) atoms. The summed E-state index contributed by atoms with van der Waals surface area (Å²) in [6.07, 6.45) is 3.87. The van der Waals surface area contributed by atoms with Crippen LogP contribution in [0.1, 0.15) is 12.8 Å². The van der Waals surface area contributed by atoms with Crippen LogP contribution in [-0.2, 0) is 17.1 Å². The van der Waals surface area contributed by atoms with E-state index in [4.69, 9.17) is 5.11 Å². The van der Waals surface area contributed by atoms with E-state index < -0.39 is 16.1 Å². The minimum Gasteiger partial charge on any atom is -0.465 e. The number of imidazole rings is 1. The number of sulfonamides is 1. The maximum atomic E-state index is 12.5. The monoisotopic (exact) mass is 314 g/mol. The molecule has 0 radical (unpaired) electrons. The Bertz CT molecular complexity index is 652. The average molecular weight is 314 g/mol. The molecule has 2 aliphatic rings. The summed E-state index contributed by atoms with van der Waals surface area (Å²) in [6.45, 7) is 0.529. The fourth-order valence-electron chi connectivity index (χ4n) is 2.96. The number of carboxylic acid groups (broad SMARTS) is 1. The summed E-state index contributed by atoms with van der Waals surface area (Å²) in [5.74, 6) is 0.477. The van der Waals surface area contributed by atoms with Crippen molar-refractivity contribution in [2.75, 3.05) is 13.1 Å². The van der Waals surface area contributed by atoms with Crippen molar-refractivity contribution in [2.45, 2.75) is 23.9 Å². The molecule has 1 aliphatic carbocycles. The molecule has 2 heterocycles. The number of nitrogens with zero attached hydrogens (tertiary/aromatic N) is 3. The first kappa shape index (κ1) is 14.3. The molecule has 116 valence electrons. The van der Waals surface area contributed by atoms with Crippen molar-refractivity contribution in [1.82, 2.24) is 19.2 Å². The minimum atomic E-state index is -3.66. The summed E-state index contributed by atoms with van der Waals surface area (Å²) in [5, 5.41) is 11.4. The van der Waals surface area contributed by atoms with Gasteiger partial charge in [0.05, 0.1) is 12.4 Å². The number of aryl methyl sites for hydroxylation is 1. The van der Waals surface area contributed by atoms with E-state index in [2.05, 4.69) is 10.3 Å². The van der Waals surface area contributed by atoms with E-state index in [0.717, 1.165) is 12.8 Å². The lowest BCUT2D eigenvalue weighted by atomic mass is 9.98. The van der Waals surface area contributed by atoms with Crippen LogP contribution < -0.4 is 5.32 Å². The Kier molecular flexibility index (Phi) is 3.40. The number of carbonyl (C=O) groups is 1. The smallest absolute Gasteiger partial charge is 0.404 e. The normalized spacial score (nSPS) is 26.9. The quantitative estimate of drug-likeness (QED) is 0.819. The van der Waals surface area contributed by atoms with Crippen molar-refractivity contribution in [3.63, 3.8) is 0 Å². The lowest BCUT2D eigenvalue weighted by Gasteiger charge is -2.16. The van der Waals surface area contributed by atoms with Crippen LogP contribution in [0.3, 0.4) is 0 Å². The second kappa shape index (κ2) is 4.99. The summed E-state index contributed by atoms with van der Waals surface area (Å²) in [4.78, 5) is 14.8. The number of nitrogens with one attached hydrogen (secondary N) is 1. The molecule has 9 heteroatoms. The predicted molar refractivity (Wildman–Crippen MR) is 73.1 cm³/mol. The van der Waals surface area contributed by atoms with Gasteiger partial charge in [0.25, 0.3) is 10.0 Å². The molecule has 2 N–H and O–H groups in total. The highest BCUT2D eigenvalue weighted by atomic mass is 32.2. The molecule has 3 rings (SSSR count). The van der Waals surface area contributed by atoms with Gasteiger partial charge in [0.15, 0.2) is 5.03 Å². The number of amides is 1. The molecule has 2 fully saturated rings. The Morgan fingerprint density at radius 2 is 2.14 bits per heavy atom. The highest BCUT2D eigenvalue weighted by molar-refractivity contribution is 7.89. The molecule has 0 unspecified atom stereocenters. The fourth-order valence-corrected chi connectivity index (χ4v) is 4.43. The van der Waals surface area contributed by atoms with Crippen LogP contribution in [0.2, 0.25) is 0 Å². The van der Waals surface area contributed by atoms with Gasteiger partial charge in [0.1, 0.15) is 0 Å². The number of aromatic nitrogens is 2. The van der Waals surface area contributed by atoms with E-state index in [1.807, 2.05) is 0 Å². The maximum Gasteiger partial charge on any atom is 0.404 e. The third-order valence-electron chi connectivity index (χ3n) is 4.15. The summed E-state index contributed by atoms with van der Waals surface area (Å²) >= 11 is 0. The largest absolute Gasteiger partial charge is 0.465 e. The standard InChI is InChI=1S/C12H18N4O4S/c1-15-6-11(13-7-15)21(19,20)16-4-9(8-2-3-8)10(5-16)14-12(17)18/h6-10,14H,2-5H2,1H3,(H,17,18)/t9-,10+/m1/s1. The average Bonchev–Trinajstić information content (AvgIpc) is 2.99. The van der Waals surface area contributed by atoms with Gasteiger partial charge in [0.2, 0.25) is 0 Å². The molecule has 0 aromatic carbocycles. The first-order valence-corrected chi connectivity index (χ1v) is 8.29. The van der Waals surface area contributed by atoms with Crippen LogP contribution in [0, 0.1) is 11.8 Å². The lowest BCUT2D eigenvalue weighted by Crippen LogP contribution is -2.40. The van der Waals surface area contributed by atoms with Gasteiger partial charge in [-0.25, -0.2) is 18.2 Å². The molecule has 2 atom stereocenters. The van der Waals surface area contributed by atoms with Crippen molar-refractivity contribution < 1.29 is 18.3 Å². The van der Waals surface area contributed by atoms with E-state index in [1.54, 1.807) is 11.6 Å². The third kappa shape index (κ3) is 2.75. The van der Waals surface area contributed by atoms with Gasteiger partial charge in [-0.2, -0.15) is 4.31 Å². The molecular formula is C12H18N4O4S. The van der Waals surface area contributed by atoms with E-state index in [1.165, 1.54) is 16.8 Å². The Hall–Kier alpha value is -1.61. The number of rotatable bonds is 4. The molecule has 8 nitrogen and oxygen atoms in total. The zero-order valence-electron chi connectivity index (χ0n) is 11.6.